The summed E-state index contributed by atoms with van der Waals surface area (Å²) in [7, 11) is 0. The average Bonchev–Trinajstić information content (AvgIpc) is 3.05. The molecule has 0 unspecified atom stereocenters. The number of fused-ring (bicyclic) bond motifs is 1. The standard InChI is InChI=1S/C23H25ClN4O2/c1-15-22(25-21-4-2-3-9-28(15)21)19-12-17(5-6-20(19)24)27-13-16(14-27)23(30)26-10-7-18(29)8-11-26/h2-6,9,12,16,18,29H,7-8,10-11,13-14H2,1H3. The van der Waals surface area contributed by atoms with Crippen molar-refractivity contribution in [2.24, 2.45) is 5.92 Å². The van der Waals surface area contributed by atoms with Crippen molar-refractivity contribution in [2.45, 2.75) is 25.9 Å². The van der Waals surface area contributed by atoms with Crippen LogP contribution in [0.2, 0.25) is 5.02 Å². The highest BCUT2D eigenvalue weighted by Gasteiger charge is 2.36. The highest BCUT2D eigenvalue weighted by molar-refractivity contribution is 6.33. The maximum absolute atomic E-state index is 12.7. The zero-order valence-corrected chi connectivity index (χ0v) is 17.7. The molecule has 0 radical (unpaired) electrons. The number of benzene rings is 1. The molecule has 0 aliphatic carbocycles. The number of pyridine rings is 1. The van der Waals surface area contributed by atoms with Gasteiger partial charge in [0.25, 0.3) is 0 Å². The van der Waals surface area contributed by atoms with Crippen molar-refractivity contribution in [3.05, 3.63) is 53.3 Å². The van der Waals surface area contributed by atoms with Crippen molar-refractivity contribution >= 4 is 28.8 Å². The number of likely N-dealkylation sites (tertiary alicyclic amines) is 1. The Bertz CT molecular complexity index is 1100. The number of anilines is 1. The second kappa shape index (κ2) is 7.60. The molecule has 2 aliphatic rings. The lowest BCUT2D eigenvalue weighted by atomic mass is 9.95. The van der Waals surface area contributed by atoms with Crippen LogP contribution in [0.5, 0.6) is 0 Å². The van der Waals surface area contributed by atoms with Crippen LogP contribution < -0.4 is 4.90 Å². The van der Waals surface area contributed by atoms with Crippen molar-refractivity contribution in [1.82, 2.24) is 14.3 Å². The minimum absolute atomic E-state index is 0.0244. The molecule has 4 heterocycles. The zero-order chi connectivity index (χ0) is 20.8. The van der Waals surface area contributed by atoms with E-state index in [2.05, 4.69) is 15.4 Å². The van der Waals surface area contributed by atoms with Crippen LogP contribution in [0.3, 0.4) is 0 Å². The molecule has 3 aromatic rings. The maximum Gasteiger partial charge on any atom is 0.229 e. The molecule has 30 heavy (non-hydrogen) atoms. The van der Waals surface area contributed by atoms with Gasteiger partial charge in [-0.1, -0.05) is 17.7 Å². The molecule has 7 heteroatoms. The van der Waals surface area contributed by atoms with Crippen LogP contribution in [0.15, 0.2) is 42.6 Å². The Morgan fingerprint density at radius 3 is 2.67 bits per heavy atom. The van der Waals surface area contributed by atoms with Crippen LogP contribution in [-0.4, -0.2) is 57.6 Å². The first-order valence-corrected chi connectivity index (χ1v) is 10.8. The summed E-state index contributed by atoms with van der Waals surface area (Å²) in [5, 5.41) is 10.3. The van der Waals surface area contributed by atoms with Crippen LogP contribution in [0.4, 0.5) is 5.69 Å². The summed E-state index contributed by atoms with van der Waals surface area (Å²) in [5.74, 6) is 0.236. The van der Waals surface area contributed by atoms with Crippen LogP contribution in [-0.2, 0) is 4.79 Å². The van der Waals surface area contributed by atoms with Gasteiger partial charge >= 0.3 is 0 Å². The summed E-state index contributed by atoms with van der Waals surface area (Å²) in [4.78, 5) is 21.6. The number of halogens is 1. The number of aryl methyl sites for hydroxylation is 1. The van der Waals surface area contributed by atoms with Crippen molar-refractivity contribution in [1.29, 1.82) is 0 Å². The number of piperidine rings is 1. The number of aliphatic hydroxyl groups is 1. The third kappa shape index (κ3) is 3.34. The first-order valence-electron chi connectivity index (χ1n) is 10.5. The van der Waals surface area contributed by atoms with E-state index >= 15 is 0 Å². The fourth-order valence-corrected chi connectivity index (χ4v) is 4.66. The van der Waals surface area contributed by atoms with E-state index in [1.54, 1.807) is 0 Å². The third-order valence-corrected chi connectivity index (χ3v) is 6.68. The van der Waals surface area contributed by atoms with E-state index in [9.17, 15) is 9.90 Å². The number of hydrogen-bond acceptors (Lipinski definition) is 4. The first kappa shape index (κ1) is 19.4. The van der Waals surface area contributed by atoms with Gasteiger partial charge in [-0.25, -0.2) is 4.98 Å². The number of imidazole rings is 1. The van der Waals surface area contributed by atoms with Crippen LogP contribution in [0.25, 0.3) is 16.9 Å². The molecule has 156 valence electrons. The lowest BCUT2D eigenvalue weighted by Crippen LogP contribution is -2.56. The molecule has 0 bridgehead atoms. The molecule has 1 N–H and O–H groups in total. The lowest BCUT2D eigenvalue weighted by molar-refractivity contribution is -0.138. The molecule has 5 rings (SSSR count). The van der Waals surface area contributed by atoms with E-state index in [0.717, 1.165) is 28.3 Å². The summed E-state index contributed by atoms with van der Waals surface area (Å²) in [6, 6.07) is 12.0. The summed E-state index contributed by atoms with van der Waals surface area (Å²) < 4.78 is 2.06. The van der Waals surface area contributed by atoms with Gasteiger partial charge in [0.2, 0.25) is 5.91 Å². The molecule has 1 amide bonds. The number of carbonyl (C=O) groups is 1. The number of aliphatic hydroxyl groups excluding tert-OH is 1. The summed E-state index contributed by atoms with van der Waals surface area (Å²) >= 11 is 6.54. The van der Waals surface area contributed by atoms with Gasteiger partial charge in [-0.15, -0.1) is 0 Å². The first-order chi connectivity index (χ1) is 14.5. The number of amides is 1. The molecule has 0 saturated carbocycles. The highest BCUT2D eigenvalue weighted by Crippen LogP contribution is 2.36. The molecule has 2 fully saturated rings. The third-order valence-electron chi connectivity index (χ3n) is 6.35. The normalized spacial score (nSPS) is 18.1. The minimum Gasteiger partial charge on any atom is -0.393 e. The fourth-order valence-electron chi connectivity index (χ4n) is 4.45. The van der Waals surface area contributed by atoms with Gasteiger partial charge in [0.1, 0.15) is 5.65 Å². The van der Waals surface area contributed by atoms with E-state index in [0.29, 0.717) is 44.0 Å². The molecule has 2 saturated heterocycles. The number of hydrogen-bond donors (Lipinski definition) is 1. The van der Waals surface area contributed by atoms with E-state index in [1.165, 1.54) is 0 Å². The summed E-state index contributed by atoms with van der Waals surface area (Å²) in [5.41, 5.74) is 4.80. The van der Waals surface area contributed by atoms with Gasteiger partial charge in [0.15, 0.2) is 0 Å². The van der Waals surface area contributed by atoms with Gasteiger partial charge < -0.3 is 19.3 Å². The van der Waals surface area contributed by atoms with Gasteiger partial charge in [-0.05, 0) is 50.1 Å². The van der Waals surface area contributed by atoms with Crippen molar-refractivity contribution in [2.75, 3.05) is 31.1 Å². The second-order valence-electron chi connectivity index (χ2n) is 8.30. The monoisotopic (exact) mass is 424 g/mol. The van der Waals surface area contributed by atoms with Gasteiger partial charge in [0.05, 0.1) is 22.7 Å². The molecular formula is C23H25ClN4O2. The van der Waals surface area contributed by atoms with Crippen LogP contribution in [0.1, 0.15) is 18.5 Å². The molecule has 0 spiro atoms. The Balaban J connectivity index is 1.34. The molecular weight excluding hydrogens is 400 g/mol. The number of rotatable bonds is 3. The fraction of sp³-hybridized carbons (Fsp3) is 0.391. The molecule has 6 nitrogen and oxygen atoms in total. The number of aromatic nitrogens is 2. The summed E-state index contributed by atoms with van der Waals surface area (Å²) in [6.45, 7) is 4.79. The Kier molecular flexibility index (Phi) is 4.91. The maximum atomic E-state index is 12.7. The Labute approximate surface area is 180 Å². The smallest absolute Gasteiger partial charge is 0.229 e. The van der Waals surface area contributed by atoms with E-state index in [-0.39, 0.29) is 17.9 Å². The van der Waals surface area contributed by atoms with Gasteiger partial charge in [0, 0.05) is 49.3 Å². The molecule has 2 aliphatic heterocycles. The van der Waals surface area contributed by atoms with Crippen LogP contribution >= 0.6 is 11.6 Å². The number of carbonyl (C=O) groups excluding carboxylic acids is 1. The van der Waals surface area contributed by atoms with E-state index < -0.39 is 0 Å². The quantitative estimate of drug-likeness (QED) is 0.700. The zero-order valence-electron chi connectivity index (χ0n) is 17.0. The SMILES string of the molecule is Cc1c(-c2cc(N3CC(C(=O)N4CCC(O)CC4)C3)ccc2Cl)nc2ccccn12. The Hall–Kier alpha value is -2.57. The molecule has 0 atom stereocenters. The lowest BCUT2D eigenvalue weighted by Gasteiger charge is -2.43. The predicted octanol–water partition coefficient (Wildman–Crippen LogP) is 3.38. The molecule has 2 aromatic heterocycles. The van der Waals surface area contributed by atoms with Crippen molar-refractivity contribution < 1.29 is 9.90 Å². The largest absolute Gasteiger partial charge is 0.393 e. The summed E-state index contributed by atoms with van der Waals surface area (Å²) in [6.07, 6.45) is 3.11. The van der Waals surface area contributed by atoms with Gasteiger partial charge in [-0.2, -0.15) is 0 Å². The van der Waals surface area contributed by atoms with Gasteiger partial charge in [-0.3, -0.25) is 4.79 Å². The van der Waals surface area contributed by atoms with E-state index in [1.807, 2.05) is 48.4 Å². The average molecular weight is 425 g/mol. The Morgan fingerprint density at radius 2 is 1.93 bits per heavy atom. The topological polar surface area (TPSA) is 61.1 Å². The van der Waals surface area contributed by atoms with Crippen molar-refractivity contribution in [3.8, 4) is 11.3 Å². The highest BCUT2D eigenvalue weighted by atomic mass is 35.5. The Morgan fingerprint density at radius 1 is 1.17 bits per heavy atom. The predicted molar refractivity (Wildman–Crippen MR) is 118 cm³/mol. The van der Waals surface area contributed by atoms with Crippen LogP contribution in [0, 0.1) is 12.8 Å². The van der Waals surface area contributed by atoms with Crippen molar-refractivity contribution in [3.63, 3.8) is 0 Å². The van der Waals surface area contributed by atoms with E-state index in [4.69, 9.17) is 16.6 Å². The second-order valence-corrected chi connectivity index (χ2v) is 8.70. The number of nitrogens with zero attached hydrogens (tertiary/aromatic N) is 4. The minimum atomic E-state index is -0.262. The molecule has 1 aromatic carbocycles.